The van der Waals surface area contributed by atoms with Crippen LogP contribution in [0, 0.1) is 5.92 Å². The van der Waals surface area contributed by atoms with E-state index in [1.54, 1.807) is 0 Å². The van der Waals surface area contributed by atoms with Crippen molar-refractivity contribution in [2.75, 3.05) is 0 Å². The number of nitrogens with one attached hydrogen (secondary N) is 1. The summed E-state index contributed by atoms with van der Waals surface area (Å²) in [6.07, 6.45) is 3.66. The van der Waals surface area contributed by atoms with Gasteiger partial charge in [0.2, 0.25) is 0 Å². The minimum absolute atomic E-state index is 0.0552. The second-order valence-electron chi connectivity index (χ2n) is 5.93. The minimum Gasteiger partial charge on any atom is -0.488 e. The molecule has 17 heavy (non-hydrogen) atoms. The highest BCUT2D eigenvalue weighted by atomic mass is 16.5. The van der Waals surface area contributed by atoms with Crippen molar-refractivity contribution in [3.8, 4) is 5.75 Å². The van der Waals surface area contributed by atoms with Crippen molar-refractivity contribution in [1.29, 1.82) is 0 Å². The average Bonchev–Trinajstić information content (AvgIpc) is 2.85. The second kappa shape index (κ2) is 4.02. The topological polar surface area (TPSA) is 21.3 Å². The summed E-state index contributed by atoms with van der Waals surface area (Å²) in [5.41, 5.74) is 2.87. The molecule has 0 spiro atoms. The number of benzene rings is 1. The van der Waals surface area contributed by atoms with Crippen molar-refractivity contribution >= 4 is 0 Å². The monoisotopic (exact) mass is 231 g/mol. The van der Waals surface area contributed by atoms with Crippen LogP contribution in [0.2, 0.25) is 0 Å². The van der Waals surface area contributed by atoms with E-state index in [9.17, 15) is 0 Å². The van der Waals surface area contributed by atoms with E-state index < -0.39 is 0 Å². The molecule has 0 amide bonds. The predicted molar refractivity (Wildman–Crippen MR) is 69.0 cm³/mol. The third-order valence-corrected chi connectivity index (χ3v) is 4.12. The summed E-state index contributed by atoms with van der Waals surface area (Å²) in [6, 6.07) is 6.54. The Balaban J connectivity index is 1.77. The number of fused-ring (bicyclic) bond motifs is 1. The van der Waals surface area contributed by atoms with Crippen molar-refractivity contribution in [3.63, 3.8) is 0 Å². The fraction of sp³-hybridized carbons (Fsp3) is 0.600. The van der Waals surface area contributed by atoms with Gasteiger partial charge < -0.3 is 10.1 Å². The van der Waals surface area contributed by atoms with E-state index in [4.69, 9.17) is 4.74 Å². The zero-order chi connectivity index (χ0) is 11.9. The van der Waals surface area contributed by atoms with Crippen molar-refractivity contribution in [3.05, 3.63) is 29.3 Å². The Morgan fingerprint density at radius 1 is 1.29 bits per heavy atom. The first-order chi connectivity index (χ1) is 8.15. The van der Waals surface area contributed by atoms with Crippen LogP contribution in [0.3, 0.4) is 0 Å². The maximum Gasteiger partial charge on any atom is 0.120 e. The molecule has 1 fully saturated rings. The SMILES string of the molecule is CC1CCC(C)(Oc2ccc3c(c2)CNC3)C1. The highest BCUT2D eigenvalue weighted by molar-refractivity contribution is 5.38. The van der Waals surface area contributed by atoms with Gasteiger partial charge in [0.25, 0.3) is 0 Å². The molecule has 1 saturated carbocycles. The van der Waals surface area contributed by atoms with E-state index >= 15 is 0 Å². The molecule has 1 heterocycles. The fourth-order valence-corrected chi connectivity index (χ4v) is 3.20. The lowest BCUT2D eigenvalue weighted by Gasteiger charge is -2.26. The quantitative estimate of drug-likeness (QED) is 0.843. The summed E-state index contributed by atoms with van der Waals surface area (Å²) in [5.74, 6) is 1.85. The van der Waals surface area contributed by atoms with Gasteiger partial charge in [0.05, 0.1) is 0 Å². The van der Waals surface area contributed by atoms with Crippen molar-refractivity contribution in [2.45, 2.75) is 51.8 Å². The molecule has 2 unspecified atom stereocenters. The van der Waals surface area contributed by atoms with Crippen molar-refractivity contribution in [2.24, 2.45) is 5.92 Å². The molecule has 1 N–H and O–H groups in total. The van der Waals surface area contributed by atoms with Gasteiger partial charge in [-0.25, -0.2) is 0 Å². The van der Waals surface area contributed by atoms with E-state index in [0.29, 0.717) is 0 Å². The van der Waals surface area contributed by atoms with Gasteiger partial charge in [-0.2, -0.15) is 0 Å². The van der Waals surface area contributed by atoms with Crippen molar-refractivity contribution < 1.29 is 4.74 Å². The van der Waals surface area contributed by atoms with Gasteiger partial charge in [-0.3, -0.25) is 0 Å². The smallest absolute Gasteiger partial charge is 0.120 e. The first-order valence-electron chi connectivity index (χ1n) is 6.66. The van der Waals surface area contributed by atoms with Crippen LogP contribution in [0.4, 0.5) is 0 Å². The van der Waals surface area contributed by atoms with E-state index in [1.165, 1.54) is 30.4 Å². The van der Waals surface area contributed by atoms with Gasteiger partial charge in [0.15, 0.2) is 0 Å². The molecule has 1 aromatic rings. The average molecular weight is 231 g/mol. The molecule has 0 saturated heterocycles. The molecule has 2 heteroatoms. The molecule has 2 nitrogen and oxygen atoms in total. The van der Waals surface area contributed by atoms with Crippen LogP contribution in [0.15, 0.2) is 18.2 Å². The molecular formula is C15H21NO. The lowest BCUT2D eigenvalue weighted by molar-refractivity contribution is 0.0928. The van der Waals surface area contributed by atoms with Crippen LogP contribution in [0.5, 0.6) is 5.75 Å². The standard InChI is InChI=1S/C15H21NO/c1-11-5-6-15(2,8-11)17-14-4-3-12-9-16-10-13(12)7-14/h3-4,7,11,16H,5-6,8-10H2,1-2H3. The second-order valence-corrected chi connectivity index (χ2v) is 5.93. The zero-order valence-corrected chi connectivity index (χ0v) is 10.8. The zero-order valence-electron chi connectivity index (χ0n) is 10.8. The summed E-state index contributed by atoms with van der Waals surface area (Å²) in [5, 5.41) is 3.37. The molecule has 1 aliphatic carbocycles. The number of hydrogen-bond donors (Lipinski definition) is 1. The minimum atomic E-state index is 0.0552. The Morgan fingerprint density at radius 3 is 2.88 bits per heavy atom. The number of rotatable bonds is 2. The van der Waals surface area contributed by atoms with Gasteiger partial charge in [-0.05, 0) is 55.4 Å². The van der Waals surface area contributed by atoms with E-state index in [2.05, 4.69) is 37.4 Å². The summed E-state index contributed by atoms with van der Waals surface area (Å²) >= 11 is 0. The lowest BCUT2D eigenvalue weighted by Crippen LogP contribution is -2.28. The van der Waals surface area contributed by atoms with Gasteiger partial charge in [-0.15, -0.1) is 0 Å². The van der Waals surface area contributed by atoms with Crippen LogP contribution >= 0.6 is 0 Å². The summed E-state index contributed by atoms with van der Waals surface area (Å²) in [7, 11) is 0. The van der Waals surface area contributed by atoms with Gasteiger partial charge in [0.1, 0.15) is 11.4 Å². The molecule has 0 aromatic heterocycles. The van der Waals surface area contributed by atoms with Crippen LogP contribution in [0.25, 0.3) is 0 Å². The largest absolute Gasteiger partial charge is 0.488 e. The highest BCUT2D eigenvalue weighted by Gasteiger charge is 2.35. The maximum atomic E-state index is 6.23. The summed E-state index contributed by atoms with van der Waals surface area (Å²) in [4.78, 5) is 0. The van der Waals surface area contributed by atoms with Crippen LogP contribution in [-0.2, 0) is 13.1 Å². The van der Waals surface area contributed by atoms with Gasteiger partial charge in [-0.1, -0.05) is 13.0 Å². The normalized spacial score (nSPS) is 31.5. The predicted octanol–water partition coefficient (Wildman–Crippen LogP) is 3.25. The first-order valence-corrected chi connectivity index (χ1v) is 6.66. The van der Waals surface area contributed by atoms with Crippen LogP contribution in [-0.4, -0.2) is 5.60 Å². The first kappa shape index (κ1) is 11.1. The Labute approximate surface area is 103 Å². The Kier molecular flexibility index (Phi) is 2.62. The third kappa shape index (κ3) is 2.19. The molecule has 1 aromatic carbocycles. The molecular weight excluding hydrogens is 210 g/mol. The molecule has 2 atom stereocenters. The fourth-order valence-electron chi connectivity index (χ4n) is 3.20. The van der Waals surface area contributed by atoms with E-state index in [0.717, 1.165) is 24.8 Å². The Hall–Kier alpha value is -1.02. The molecule has 3 rings (SSSR count). The Bertz CT molecular complexity index is 429. The molecule has 1 aliphatic heterocycles. The summed E-state index contributed by atoms with van der Waals surface area (Å²) in [6.45, 7) is 6.56. The molecule has 0 radical (unpaired) electrons. The number of ether oxygens (including phenoxy) is 1. The lowest BCUT2D eigenvalue weighted by atomic mass is 10.0. The van der Waals surface area contributed by atoms with E-state index in [1.807, 2.05) is 0 Å². The highest BCUT2D eigenvalue weighted by Crippen LogP contribution is 2.38. The molecule has 2 aliphatic rings. The maximum absolute atomic E-state index is 6.23. The van der Waals surface area contributed by atoms with Crippen molar-refractivity contribution in [1.82, 2.24) is 5.32 Å². The van der Waals surface area contributed by atoms with Gasteiger partial charge >= 0.3 is 0 Å². The van der Waals surface area contributed by atoms with Crippen LogP contribution in [0.1, 0.15) is 44.2 Å². The van der Waals surface area contributed by atoms with Crippen LogP contribution < -0.4 is 10.1 Å². The molecule has 92 valence electrons. The Morgan fingerprint density at radius 2 is 2.12 bits per heavy atom. The van der Waals surface area contributed by atoms with Gasteiger partial charge in [0, 0.05) is 13.1 Å². The molecule has 0 bridgehead atoms. The van der Waals surface area contributed by atoms with E-state index in [-0.39, 0.29) is 5.60 Å². The third-order valence-electron chi connectivity index (χ3n) is 4.12. The number of hydrogen-bond acceptors (Lipinski definition) is 2. The summed E-state index contributed by atoms with van der Waals surface area (Å²) < 4.78 is 6.23.